The molecule has 1 unspecified atom stereocenters. The van der Waals surface area contributed by atoms with Crippen LogP contribution in [-0.4, -0.2) is 24.4 Å². The summed E-state index contributed by atoms with van der Waals surface area (Å²) in [5.41, 5.74) is 1.11. The molecule has 1 rings (SSSR count). The highest BCUT2D eigenvalue weighted by molar-refractivity contribution is 5.28. The number of ether oxygens (including phenoxy) is 1. The number of aliphatic hydroxyl groups excluding tert-OH is 1. The van der Waals surface area contributed by atoms with Crippen molar-refractivity contribution in [2.24, 2.45) is 0 Å². The van der Waals surface area contributed by atoms with Gasteiger partial charge in [0.2, 0.25) is 0 Å². The molecule has 98 valence electrons. The molecule has 0 aromatic heterocycles. The van der Waals surface area contributed by atoms with Crippen molar-refractivity contribution in [2.75, 3.05) is 13.2 Å². The van der Waals surface area contributed by atoms with Crippen LogP contribution in [0.1, 0.15) is 25.3 Å². The molecule has 0 fully saturated rings. The summed E-state index contributed by atoms with van der Waals surface area (Å²) in [5, 5.41) is 20.8. The minimum Gasteiger partial charge on any atom is -0.479 e. The van der Waals surface area contributed by atoms with Gasteiger partial charge in [-0.1, -0.05) is 19.1 Å². The number of nitriles is 1. The molecule has 0 aliphatic rings. The van der Waals surface area contributed by atoms with E-state index in [9.17, 15) is 0 Å². The number of nitrogens with zero attached hydrogens (tertiary/aromatic N) is 1. The van der Waals surface area contributed by atoms with Crippen LogP contribution >= 0.6 is 0 Å². The van der Waals surface area contributed by atoms with Crippen LogP contribution in [0.5, 0.6) is 5.75 Å². The SMILES string of the molecule is CCC(CCO)NCc1cccc(OCC#N)c1. The van der Waals surface area contributed by atoms with Gasteiger partial charge in [0.25, 0.3) is 0 Å². The van der Waals surface area contributed by atoms with E-state index >= 15 is 0 Å². The molecule has 0 bridgehead atoms. The fraction of sp³-hybridized carbons (Fsp3) is 0.500. The molecule has 0 radical (unpaired) electrons. The van der Waals surface area contributed by atoms with Gasteiger partial charge in [-0.3, -0.25) is 0 Å². The average molecular weight is 248 g/mol. The zero-order chi connectivity index (χ0) is 13.2. The predicted octanol–water partition coefficient (Wildman–Crippen LogP) is 1.84. The Labute approximate surface area is 108 Å². The van der Waals surface area contributed by atoms with Crippen molar-refractivity contribution in [3.63, 3.8) is 0 Å². The lowest BCUT2D eigenvalue weighted by Gasteiger charge is -2.15. The highest BCUT2D eigenvalue weighted by Crippen LogP contribution is 2.13. The van der Waals surface area contributed by atoms with Crippen LogP contribution in [0.15, 0.2) is 24.3 Å². The number of nitrogens with one attached hydrogen (secondary N) is 1. The van der Waals surface area contributed by atoms with Gasteiger partial charge in [0, 0.05) is 19.2 Å². The summed E-state index contributed by atoms with van der Waals surface area (Å²) in [6.07, 6.45) is 1.76. The molecule has 4 nitrogen and oxygen atoms in total. The van der Waals surface area contributed by atoms with Crippen molar-refractivity contribution in [2.45, 2.75) is 32.4 Å². The van der Waals surface area contributed by atoms with Crippen LogP contribution < -0.4 is 10.1 Å². The van der Waals surface area contributed by atoms with Crippen LogP contribution in [0.3, 0.4) is 0 Å². The first-order valence-electron chi connectivity index (χ1n) is 6.23. The molecule has 18 heavy (non-hydrogen) atoms. The Morgan fingerprint density at radius 2 is 2.33 bits per heavy atom. The Morgan fingerprint density at radius 1 is 1.50 bits per heavy atom. The van der Waals surface area contributed by atoms with Crippen molar-refractivity contribution in [1.29, 1.82) is 5.26 Å². The molecule has 0 spiro atoms. The minimum atomic E-state index is 0.0684. The summed E-state index contributed by atoms with van der Waals surface area (Å²) < 4.78 is 5.25. The lowest BCUT2D eigenvalue weighted by atomic mass is 10.1. The molecule has 0 aliphatic carbocycles. The summed E-state index contributed by atoms with van der Waals surface area (Å²) in [4.78, 5) is 0. The van der Waals surface area contributed by atoms with E-state index in [-0.39, 0.29) is 13.2 Å². The van der Waals surface area contributed by atoms with Crippen molar-refractivity contribution in [3.8, 4) is 11.8 Å². The Morgan fingerprint density at radius 3 is 3.00 bits per heavy atom. The molecule has 0 aliphatic heterocycles. The van der Waals surface area contributed by atoms with Gasteiger partial charge in [-0.05, 0) is 30.5 Å². The van der Waals surface area contributed by atoms with Gasteiger partial charge in [0.1, 0.15) is 11.8 Å². The quantitative estimate of drug-likeness (QED) is 0.736. The summed E-state index contributed by atoms with van der Waals surface area (Å²) in [5.74, 6) is 0.714. The second kappa shape index (κ2) is 8.51. The molecule has 1 atom stereocenters. The monoisotopic (exact) mass is 248 g/mol. The fourth-order valence-electron chi connectivity index (χ4n) is 1.73. The topological polar surface area (TPSA) is 65.3 Å². The fourth-order valence-corrected chi connectivity index (χ4v) is 1.73. The van der Waals surface area contributed by atoms with Gasteiger partial charge in [-0.15, -0.1) is 0 Å². The number of rotatable bonds is 8. The number of hydrogen-bond donors (Lipinski definition) is 2. The molecular formula is C14H20N2O2. The maximum absolute atomic E-state index is 8.92. The zero-order valence-electron chi connectivity index (χ0n) is 10.7. The van der Waals surface area contributed by atoms with E-state index in [0.717, 1.165) is 24.9 Å². The van der Waals surface area contributed by atoms with Crippen molar-refractivity contribution >= 4 is 0 Å². The normalized spacial score (nSPS) is 11.8. The minimum absolute atomic E-state index is 0.0684. The first-order valence-corrected chi connectivity index (χ1v) is 6.23. The van der Waals surface area contributed by atoms with E-state index in [0.29, 0.717) is 11.8 Å². The van der Waals surface area contributed by atoms with E-state index in [4.69, 9.17) is 15.1 Å². The molecule has 2 N–H and O–H groups in total. The van der Waals surface area contributed by atoms with E-state index in [2.05, 4.69) is 12.2 Å². The van der Waals surface area contributed by atoms with Crippen LogP contribution in [0, 0.1) is 11.3 Å². The van der Waals surface area contributed by atoms with Crippen LogP contribution in [0.4, 0.5) is 0 Å². The molecule has 4 heteroatoms. The van der Waals surface area contributed by atoms with E-state index in [1.807, 2.05) is 30.3 Å². The molecule has 0 heterocycles. The second-order valence-electron chi connectivity index (χ2n) is 4.09. The number of benzene rings is 1. The van der Waals surface area contributed by atoms with Gasteiger partial charge in [-0.2, -0.15) is 5.26 Å². The highest BCUT2D eigenvalue weighted by atomic mass is 16.5. The van der Waals surface area contributed by atoms with Crippen LogP contribution in [-0.2, 0) is 6.54 Å². The van der Waals surface area contributed by atoms with E-state index < -0.39 is 0 Å². The first-order chi connectivity index (χ1) is 8.80. The maximum atomic E-state index is 8.92. The molecule has 0 amide bonds. The summed E-state index contributed by atoms with van der Waals surface area (Å²) in [6.45, 7) is 3.11. The molecule has 1 aromatic carbocycles. The van der Waals surface area contributed by atoms with E-state index in [1.54, 1.807) is 0 Å². The van der Waals surface area contributed by atoms with Crippen molar-refractivity contribution in [3.05, 3.63) is 29.8 Å². The Bertz CT molecular complexity index is 388. The van der Waals surface area contributed by atoms with Gasteiger partial charge < -0.3 is 15.2 Å². The third kappa shape index (κ3) is 5.17. The van der Waals surface area contributed by atoms with Crippen LogP contribution in [0.25, 0.3) is 0 Å². The van der Waals surface area contributed by atoms with Crippen molar-refractivity contribution in [1.82, 2.24) is 5.32 Å². The maximum Gasteiger partial charge on any atom is 0.174 e. The van der Waals surface area contributed by atoms with Crippen molar-refractivity contribution < 1.29 is 9.84 Å². The second-order valence-corrected chi connectivity index (χ2v) is 4.09. The third-order valence-electron chi connectivity index (χ3n) is 2.77. The number of aliphatic hydroxyl groups is 1. The summed E-state index contributed by atoms with van der Waals surface area (Å²) >= 11 is 0. The number of hydrogen-bond acceptors (Lipinski definition) is 4. The Kier molecular flexibility index (Phi) is 6.85. The van der Waals surface area contributed by atoms with Gasteiger partial charge >= 0.3 is 0 Å². The predicted molar refractivity (Wildman–Crippen MR) is 70.2 cm³/mol. The van der Waals surface area contributed by atoms with E-state index in [1.165, 1.54) is 0 Å². The Hall–Kier alpha value is -1.57. The summed E-state index contributed by atoms with van der Waals surface area (Å²) in [7, 11) is 0. The van der Waals surface area contributed by atoms with Crippen LogP contribution in [0.2, 0.25) is 0 Å². The van der Waals surface area contributed by atoms with Gasteiger partial charge in [-0.25, -0.2) is 0 Å². The molecule has 0 saturated heterocycles. The smallest absolute Gasteiger partial charge is 0.174 e. The standard InChI is InChI=1S/C14H20N2O2/c1-2-13(6-8-17)16-11-12-4-3-5-14(10-12)18-9-7-15/h3-5,10,13,16-17H,2,6,8-9,11H2,1H3. The van der Waals surface area contributed by atoms with Gasteiger partial charge in [0.15, 0.2) is 6.61 Å². The molecule has 0 saturated carbocycles. The highest BCUT2D eigenvalue weighted by Gasteiger charge is 2.05. The largest absolute Gasteiger partial charge is 0.479 e. The third-order valence-corrected chi connectivity index (χ3v) is 2.77. The first kappa shape index (κ1) is 14.5. The zero-order valence-corrected chi connectivity index (χ0v) is 10.7. The van der Waals surface area contributed by atoms with Gasteiger partial charge in [0.05, 0.1) is 0 Å². The lowest BCUT2D eigenvalue weighted by molar-refractivity contribution is 0.262. The summed E-state index contributed by atoms with van der Waals surface area (Å²) in [6, 6.07) is 9.97. The Balaban J connectivity index is 2.48. The average Bonchev–Trinajstić information content (AvgIpc) is 2.41. The molecular weight excluding hydrogens is 228 g/mol. The lowest BCUT2D eigenvalue weighted by Crippen LogP contribution is -2.28. The molecule has 1 aromatic rings.